The minimum atomic E-state index is 0.00579. The van der Waals surface area contributed by atoms with Crippen molar-refractivity contribution < 1.29 is 0 Å². The summed E-state index contributed by atoms with van der Waals surface area (Å²) in [5.41, 5.74) is 3.14. The molecule has 1 aliphatic rings. The molecule has 0 bridgehead atoms. The van der Waals surface area contributed by atoms with Crippen LogP contribution in [0.3, 0.4) is 0 Å². The summed E-state index contributed by atoms with van der Waals surface area (Å²) in [6.45, 7) is 11.0. The minimum Gasteiger partial charge on any atom is -0.119 e. The highest BCUT2D eigenvalue weighted by molar-refractivity contribution is 5.46. The monoisotopic (exact) mass is 162 g/mol. The Hall–Kier alpha value is -0.700. The number of hydrogen-bond donors (Lipinski definition) is 0. The Balaban J connectivity index is 3.21. The molecule has 0 aromatic heterocycles. The maximum atomic E-state index is 5.59. The molecule has 0 radical (unpaired) electrons. The van der Waals surface area contributed by atoms with Crippen LogP contribution in [0, 0.1) is 23.2 Å². The van der Waals surface area contributed by atoms with Crippen LogP contribution in [0.5, 0.6) is 0 Å². The SMILES string of the molecule is C#C[C@]1(C)C(C)=C(C)[C@]1(C)CC. The predicted octanol–water partition coefficient (Wildman–Crippen LogP) is 3.39. The van der Waals surface area contributed by atoms with Gasteiger partial charge in [0.1, 0.15) is 0 Å². The van der Waals surface area contributed by atoms with E-state index in [1.807, 2.05) is 0 Å². The van der Waals surface area contributed by atoms with Gasteiger partial charge in [-0.1, -0.05) is 30.9 Å². The standard InChI is InChI=1S/C12H18/c1-7-11(5)9(3)10(4)12(11,6)8-2/h1H,8H2,2-6H3/t11-,12+/m1/s1. The van der Waals surface area contributed by atoms with Crippen LogP contribution in [0.4, 0.5) is 0 Å². The van der Waals surface area contributed by atoms with Crippen molar-refractivity contribution in [2.24, 2.45) is 10.8 Å². The predicted molar refractivity (Wildman–Crippen MR) is 53.7 cm³/mol. The zero-order chi connectivity index (χ0) is 9.57. The van der Waals surface area contributed by atoms with Crippen LogP contribution in [0.1, 0.15) is 41.0 Å². The first-order valence-corrected chi connectivity index (χ1v) is 4.60. The highest BCUT2D eigenvalue weighted by atomic mass is 14.6. The number of allylic oxidation sites excluding steroid dienone is 2. The summed E-state index contributed by atoms with van der Waals surface area (Å²) in [5, 5.41) is 0. The third-order valence-corrected chi connectivity index (χ3v) is 4.24. The molecule has 0 spiro atoms. The van der Waals surface area contributed by atoms with Crippen LogP contribution in [0.15, 0.2) is 11.1 Å². The molecule has 0 saturated heterocycles. The lowest BCUT2D eigenvalue weighted by molar-refractivity contribution is 0.156. The van der Waals surface area contributed by atoms with E-state index in [1.54, 1.807) is 0 Å². The first-order valence-electron chi connectivity index (χ1n) is 4.60. The van der Waals surface area contributed by atoms with Crippen molar-refractivity contribution in [3.05, 3.63) is 11.1 Å². The largest absolute Gasteiger partial charge is 0.119 e. The van der Waals surface area contributed by atoms with Gasteiger partial charge in [-0.15, -0.1) is 6.42 Å². The molecule has 0 N–H and O–H groups in total. The van der Waals surface area contributed by atoms with Crippen molar-refractivity contribution in [2.45, 2.75) is 41.0 Å². The Kier molecular flexibility index (Phi) is 1.87. The second kappa shape index (κ2) is 2.39. The quantitative estimate of drug-likeness (QED) is 0.409. The molecule has 0 heterocycles. The second-order valence-electron chi connectivity index (χ2n) is 4.20. The van der Waals surface area contributed by atoms with E-state index in [4.69, 9.17) is 6.42 Å². The van der Waals surface area contributed by atoms with E-state index in [2.05, 4.69) is 40.5 Å². The molecule has 1 aliphatic carbocycles. The Bertz CT molecular complexity index is 277. The summed E-state index contributed by atoms with van der Waals surface area (Å²) in [6.07, 6.45) is 6.72. The normalized spacial score (nSPS) is 40.7. The van der Waals surface area contributed by atoms with Gasteiger partial charge in [0.15, 0.2) is 0 Å². The lowest BCUT2D eigenvalue weighted by atomic mass is 9.48. The fourth-order valence-electron chi connectivity index (χ4n) is 2.40. The zero-order valence-electron chi connectivity index (χ0n) is 8.78. The van der Waals surface area contributed by atoms with Crippen molar-refractivity contribution in [1.82, 2.24) is 0 Å². The second-order valence-corrected chi connectivity index (χ2v) is 4.20. The van der Waals surface area contributed by atoms with Gasteiger partial charge in [-0.25, -0.2) is 0 Å². The maximum absolute atomic E-state index is 5.59. The summed E-state index contributed by atoms with van der Waals surface area (Å²) in [6, 6.07) is 0. The summed E-state index contributed by atoms with van der Waals surface area (Å²) >= 11 is 0. The molecule has 66 valence electrons. The summed E-state index contributed by atoms with van der Waals surface area (Å²) in [7, 11) is 0. The molecule has 12 heavy (non-hydrogen) atoms. The fraction of sp³-hybridized carbons (Fsp3) is 0.667. The molecule has 0 heteroatoms. The fourth-order valence-corrected chi connectivity index (χ4v) is 2.40. The smallest absolute Gasteiger partial charge is 0.0582 e. The molecule has 0 nitrogen and oxygen atoms in total. The Morgan fingerprint density at radius 2 is 1.75 bits per heavy atom. The molecule has 2 atom stereocenters. The van der Waals surface area contributed by atoms with E-state index in [1.165, 1.54) is 11.1 Å². The lowest BCUT2D eigenvalue weighted by Gasteiger charge is -2.55. The highest BCUT2D eigenvalue weighted by Gasteiger charge is 2.53. The molecule has 0 saturated carbocycles. The summed E-state index contributed by atoms with van der Waals surface area (Å²) in [5.74, 6) is 2.94. The van der Waals surface area contributed by atoms with Crippen molar-refractivity contribution in [2.75, 3.05) is 0 Å². The summed E-state index contributed by atoms with van der Waals surface area (Å²) in [4.78, 5) is 0. The molecular formula is C12H18. The topological polar surface area (TPSA) is 0 Å². The van der Waals surface area contributed by atoms with Gasteiger partial charge in [0.2, 0.25) is 0 Å². The van der Waals surface area contributed by atoms with E-state index in [9.17, 15) is 0 Å². The molecule has 0 aromatic rings. The molecule has 0 fully saturated rings. The van der Waals surface area contributed by atoms with Crippen LogP contribution >= 0.6 is 0 Å². The van der Waals surface area contributed by atoms with Gasteiger partial charge in [0.25, 0.3) is 0 Å². The number of rotatable bonds is 1. The van der Waals surface area contributed by atoms with Gasteiger partial charge in [-0.2, -0.15) is 0 Å². The average molecular weight is 162 g/mol. The van der Waals surface area contributed by atoms with Crippen LogP contribution in [-0.4, -0.2) is 0 Å². The van der Waals surface area contributed by atoms with Gasteiger partial charge in [0, 0.05) is 5.41 Å². The van der Waals surface area contributed by atoms with Crippen molar-refractivity contribution >= 4 is 0 Å². The van der Waals surface area contributed by atoms with E-state index in [0.717, 1.165) is 6.42 Å². The number of hydrogen-bond acceptors (Lipinski definition) is 0. The van der Waals surface area contributed by atoms with E-state index in [0.29, 0.717) is 0 Å². The molecule has 0 aromatic carbocycles. The lowest BCUT2D eigenvalue weighted by Crippen LogP contribution is -2.47. The van der Waals surface area contributed by atoms with E-state index < -0.39 is 0 Å². The molecule has 0 unspecified atom stereocenters. The maximum Gasteiger partial charge on any atom is 0.0582 e. The van der Waals surface area contributed by atoms with Crippen molar-refractivity contribution in [1.29, 1.82) is 0 Å². The molecule has 0 amide bonds. The third-order valence-electron chi connectivity index (χ3n) is 4.24. The third kappa shape index (κ3) is 0.698. The van der Waals surface area contributed by atoms with Crippen LogP contribution in [0.25, 0.3) is 0 Å². The van der Waals surface area contributed by atoms with E-state index in [-0.39, 0.29) is 10.8 Å². The van der Waals surface area contributed by atoms with Crippen molar-refractivity contribution in [3.8, 4) is 12.3 Å². The van der Waals surface area contributed by atoms with E-state index >= 15 is 0 Å². The first-order chi connectivity index (χ1) is 5.44. The highest BCUT2D eigenvalue weighted by Crippen LogP contribution is 2.61. The van der Waals surface area contributed by atoms with Gasteiger partial charge in [0.05, 0.1) is 5.41 Å². The average Bonchev–Trinajstić information content (AvgIpc) is 2.12. The molecule has 1 rings (SSSR count). The Labute approximate surface area is 76.1 Å². The zero-order valence-corrected chi connectivity index (χ0v) is 8.78. The van der Waals surface area contributed by atoms with Crippen LogP contribution in [-0.2, 0) is 0 Å². The van der Waals surface area contributed by atoms with Crippen LogP contribution < -0.4 is 0 Å². The Morgan fingerprint density at radius 3 is 2.00 bits per heavy atom. The molecular weight excluding hydrogens is 144 g/mol. The summed E-state index contributed by atoms with van der Waals surface area (Å²) < 4.78 is 0. The Morgan fingerprint density at radius 1 is 1.25 bits per heavy atom. The minimum absolute atomic E-state index is 0.00579. The van der Waals surface area contributed by atoms with Gasteiger partial charge >= 0.3 is 0 Å². The first kappa shape index (κ1) is 9.39. The van der Waals surface area contributed by atoms with Crippen LogP contribution in [0.2, 0.25) is 0 Å². The number of terminal acetylenes is 1. The van der Waals surface area contributed by atoms with Gasteiger partial charge < -0.3 is 0 Å². The van der Waals surface area contributed by atoms with Gasteiger partial charge in [-0.05, 0) is 27.2 Å². The van der Waals surface area contributed by atoms with Crippen molar-refractivity contribution in [3.63, 3.8) is 0 Å². The van der Waals surface area contributed by atoms with Gasteiger partial charge in [-0.3, -0.25) is 0 Å². The molecule has 0 aliphatic heterocycles.